The first kappa shape index (κ1) is 22.5. The van der Waals surface area contributed by atoms with E-state index in [2.05, 4.69) is 0 Å². The van der Waals surface area contributed by atoms with Crippen molar-refractivity contribution in [3.8, 4) is 17.2 Å². The fourth-order valence-electron chi connectivity index (χ4n) is 2.73. The number of anilines is 1. The van der Waals surface area contributed by atoms with Crippen molar-refractivity contribution < 1.29 is 33.1 Å². The molecule has 3 rings (SSSR count). The van der Waals surface area contributed by atoms with Crippen LogP contribution in [0.1, 0.15) is 24.2 Å². The Bertz CT molecular complexity index is 1100. The fourth-order valence-corrected chi connectivity index (χ4v) is 3.27. The molecular weight excluding hydrogens is 424 g/mol. The van der Waals surface area contributed by atoms with Crippen molar-refractivity contribution in [3.05, 3.63) is 78.4 Å². The molecule has 0 fully saturated rings. The molecule has 3 aromatic rings. The molecule has 0 heterocycles. The minimum Gasteiger partial charge on any atom is -0.491 e. The van der Waals surface area contributed by atoms with Gasteiger partial charge in [-0.25, -0.2) is 0 Å². The lowest BCUT2D eigenvalue weighted by Crippen LogP contribution is -2.22. The van der Waals surface area contributed by atoms with E-state index in [9.17, 15) is 23.6 Å². The number of hydrogen-bond donors (Lipinski definition) is 2. The summed E-state index contributed by atoms with van der Waals surface area (Å²) in [7, 11) is -4.37. The zero-order chi connectivity index (χ0) is 22.6. The maximum absolute atomic E-state index is 14.7. The summed E-state index contributed by atoms with van der Waals surface area (Å²) in [5.74, 6) is -0.115. The first-order valence-electron chi connectivity index (χ1n) is 9.34. The van der Waals surface area contributed by atoms with Gasteiger partial charge in [-0.1, -0.05) is 22.7 Å². The third-order valence-electron chi connectivity index (χ3n) is 4.07. The maximum atomic E-state index is 14.7. The number of hydrogen-bond acceptors (Lipinski definition) is 4. The van der Waals surface area contributed by atoms with Gasteiger partial charge in [0.1, 0.15) is 17.2 Å². The zero-order valence-electron chi connectivity index (χ0n) is 16.8. The topological polar surface area (TPSA) is 96.3 Å². The second-order valence-corrected chi connectivity index (χ2v) is 8.53. The Kier molecular flexibility index (Phi) is 6.75. The minimum absolute atomic E-state index is 0.00587. The molecule has 7 nitrogen and oxygen atoms in total. The highest BCUT2D eigenvalue weighted by molar-refractivity contribution is 7.60. The summed E-state index contributed by atoms with van der Waals surface area (Å²) in [6.45, 7) is 3.61. The number of carbonyl (C=O) groups excluding carboxylic acids is 1. The molecule has 9 heteroatoms. The first-order valence-corrected chi connectivity index (χ1v) is 11.0. The molecule has 31 heavy (non-hydrogen) atoms. The van der Waals surface area contributed by atoms with Gasteiger partial charge in [0.25, 0.3) is 5.91 Å². The van der Waals surface area contributed by atoms with Crippen molar-refractivity contribution in [1.29, 1.82) is 0 Å². The van der Waals surface area contributed by atoms with Crippen molar-refractivity contribution in [1.82, 2.24) is 0 Å². The number of halogens is 1. The van der Waals surface area contributed by atoms with E-state index in [-0.39, 0.29) is 39.3 Å². The Hall–Kier alpha value is -3.19. The van der Waals surface area contributed by atoms with Crippen LogP contribution in [0.3, 0.4) is 0 Å². The number of nitrogens with zero attached hydrogens (tertiary/aromatic N) is 1. The smallest absolute Gasteiger partial charge is 0.356 e. The van der Waals surface area contributed by atoms with E-state index in [0.717, 1.165) is 0 Å². The summed E-state index contributed by atoms with van der Waals surface area (Å²) in [5, 5.41) is -0.115. The number of rotatable bonds is 7. The summed E-state index contributed by atoms with van der Waals surface area (Å²) in [5.41, 5.74) is 0.0875. The molecule has 0 saturated carbocycles. The van der Waals surface area contributed by atoms with Gasteiger partial charge in [-0.2, -0.15) is 0 Å². The molecule has 0 saturated heterocycles. The van der Waals surface area contributed by atoms with Crippen LogP contribution in [-0.4, -0.2) is 21.8 Å². The van der Waals surface area contributed by atoms with Gasteiger partial charge in [0.2, 0.25) is 0 Å². The molecule has 2 N–H and O–H groups in total. The highest BCUT2D eigenvalue weighted by atomic mass is 31.2. The average Bonchev–Trinajstić information content (AvgIpc) is 2.72. The third kappa shape index (κ3) is 5.92. The van der Waals surface area contributed by atoms with Gasteiger partial charge in [-0.05, 0) is 62.4 Å². The van der Waals surface area contributed by atoms with Crippen molar-refractivity contribution in [2.75, 3.05) is 5.12 Å². The van der Waals surface area contributed by atoms with E-state index < -0.39 is 13.5 Å². The first-order chi connectivity index (χ1) is 14.6. The van der Waals surface area contributed by atoms with Crippen LogP contribution in [0.15, 0.2) is 72.8 Å². The van der Waals surface area contributed by atoms with E-state index in [0.29, 0.717) is 5.75 Å². The lowest BCUT2D eigenvalue weighted by molar-refractivity contribution is 0.0930. The average molecular weight is 445 g/mol. The lowest BCUT2D eigenvalue weighted by atomic mass is 10.1. The minimum atomic E-state index is -4.37. The summed E-state index contributed by atoms with van der Waals surface area (Å²) >= 11 is 0. The molecule has 3 aromatic carbocycles. The Balaban J connectivity index is 1.91. The summed E-state index contributed by atoms with van der Waals surface area (Å²) in [6, 6.07) is 17.5. The lowest BCUT2D eigenvalue weighted by Gasteiger charge is -2.16. The van der Waals surface area contributed by atoms with E-state index in [1.165, 1.54) is 48.5 Å². The number of para-hydroxylation sites is 1. The maximum Gasteiger partial charge on any atom is 0.356 e. The monoisotopic (exact) mass is 445 g/mol. The van der Waals surface area contributed by atoms with Gasteiger partial charge in [-0.3, -0.25) is 9.36 Å². The predicted molar refractivity (Wildman–Crippen MR) is 115 cm³/mol. The number of benzene rings is 3. The normalized spacial score (nSPS) is 11.3. The SMILES string of the molecule is CC(C)Oc1cc(Oc2ccc(P(=O)(O)O)cc2)cc(C(=O)N(F)c2ccccc2)c1. The Morgan fingerprint density at radius 2 is 1.55 bits per heavy atom. The van der Waals surface area contributed by atoms with E-state index >= 15 is 0 Å². The van der Waals surface area contributed by atoms with Crippen LogP contribution in [-0.2, 0) is 4.57 Å². The Labute approximate surface area is 178 Å². The summed E-state index contributed by atoms with van der Waals surface area (Å²) < 4.78 is 37.3. The van der Waals surface area contributed by atoms with E-state index in [1.807, 2.05) is 0 Å². The van der Waals surface area contributed by atoms with Crippen molar-refractivity contribution in [2.45, 2.75) is 20.0 Å². The van der Waals surface area contributed by atoms with Crippen LogP contribution in [0.4, 0.5) is 10.2 Å². The van der Waals surface area contributed by atoms with Gasteiger partial charge >= 0.3 is 7.60 Å². The van der Waals surface area contributed by atoms with Gasteiger partial charge in [0.15, 0.2) is 0 Å². The second kappa shape index (κ2) is 9.31. The largest absolute Gasteiger partial charge is 0.491 e. The standard InChI is InChI=1S/C22H21FNO6P/c1-15(2)29-19-12-16(22(25)24(23)17-6-4-3-5-7-17)13-20(14-19)30-18-8-10-21(11-9-18)31(26,27)28/h3-15H,1-2H3,(H2,26,27,28). The van der Waals surface area contributed by atoms with Crippen LogP contribution in [0.5, 0.6) is 17.2 Å². The van der Waals surface area contributed by atoms with Gasteiger partial charge in [-0.15, -0.1) is 5.12 Å². The number of ether oxygens (including phenoxy) is 2. The van der Waals surface area contributed by atoms with Crippen LogP contribution >= 0.6 is 7.60 Å². The van der Waals surface area contributed by atoms with Gasteiger partial charge in [0, 0.05) is 11.6 Å². The summed E-state index contributed by atoms with van der Waals surface area (Å²) in [6.07, 6.45) is -0.198. The van der Waals surface area contributed by atoms with Crippen LogP contribution < -0.4 is 19.9 Å². The molecule has 162 valence electrons. The molecule has 0 aliphatic rings. The van der Waals surface area contributed by atoms with Gasteiger partial charge < -0.3 is 19.3 Å². The van der Waals surface area contributed by atoms with Crippen molar-refractivity contribution in [2.24, 2.45) is 0 Å². The van der Waals surface area contributed by atoms with Crippen LogP contribution in [0.2, 0.25) is 0 Å². The molecule has 0 aliphatic heterocycles. The Morgan fingerprint density at radius 3 is 2.13 bits per heavy atom. The molecule has 0 atom stereocenters. The van der Waals surface area contributed by atoms with E-state index in [1.54, 1.807) is 38.1 Å². The molecule has 0 spiro atoms. The van der Waals surface area contributed by atoms with Gasteiger partial charge in [0.05, 0.1) is 17.1 Å². The van der Waals surface area contributed by atoms with Crippen LogP contribution in [0, 0.1) is 0 Å². The predicted octanol–water partition coefficient (Wildman–Crippen LogP) is 4.60. The van der Waals surface area contributed by atoms with Crippen molar-refractivity contribution in [3.63, 3.8) is 0 Å². The third-order valence-corrected chi connectivity index (χ3v) is 5.04. The fraction of sp³-hybridized carbons (Fsp3) is 0.136. The quantitative estimate of drug-likeness (QED) is 0.408. The molecule has 0 radical (unpaired) electrons. The number of carbonyl (C=O) groups is 1. The molecule has 0 unspecified atom stereocenters. The number of amides is 1. The molecule has 0 aromatic heterocycles. The molecule has 1 amide bonds. The molecule has 0 aliphatic carbocycles. The highest BCUT2D eigenvalue weighted by Gasteiger charge is 2.20. The molecular formula is C22H21FNO6P. The highest BCUT2D eigenvalue weighted by Crippen LogP contribution is 2.34. The molecule has 0 bridgehead atoms. The Morgan fingerprint density at radius 1 is 0.935 bits per heavy atom. The van der Waals surface area contributed by atoms with Crippen molar-refractivity contribution >= 4 is 24.5 Å². The van der Waals surface area contributed by atoms with E-state index in [4.69, 9.17) is 9.47 Å². The second-order valence-electron chi connectivity index (χ2n) is 6.92. The van der Waals surface area contributed by atoms with Crippen LogP contribution in [0.25, 0.3) is 0 Å². The summed E-state index contributed by atoms with van der Waals surface area (Å²) in [4.78, 5) is 31.1. The zero-order valence-corrected chi connectivity index (χ0v) is 17.7.